The molecule has 5 nitrogen and oxygen atoms in total. The van der Waals surface area contributed by atoms with Crippen LogP contribution in [0, 0.1) is 5.92 Å². The second-order valence-electron chi connectivity index (χ2n) is 5.44. The lowest BCUT2D eigenvalue weighted by atomic mass is 10.1. The first-order chi connectivity index (χ1) is 10.1. The summed E-state index contributed by atoms with van der Waals surface area (Å²) in [6, 6.07) is 3.50. The van der Waals surface area contributed by atoms with Gasteiger partial charge in [-0.25, -0.2) is 14.8 Å². The van der Waals surface area contributed by atoms with Crippen LogP contribution in [0.5, 0.6) is 0 Å². The van der Waals surface area contributed by atoms with E-state index in [-0.39, 0.29) is 5.76 Å². The molecule has 0 bridgehead atoms. The number of pyridine rings is 1. The molecule has 0 N–H and O–H groups in total. The number of oxazole rings is 1. The lowest BCUT2D eigenvalue weighted by Crippen LogP contribution is -2.15. The van der Waals surface area contributed by atoms with Crippen LogP contribution < -0.4 is 5.76 Å². The average molecular weight is 303 g/mol. The highest BCUT2D eigenvalue weighted by molar-refractivity contribution is 7.09. The summed E-state index contributed by atoms with van der Waals surface area (Å²) in [4.78, 5) is 20.7. The van der Waals surface area contributed by atoms with E-state index in [0.717, 1.165) is 23.5 Å². The molecule has 6 heteroatoms. The van der Waals surface area contributed by atoms with Crippen molar-refractivity contribution in [3.63, 3.8) is 0 Å². The van der Waals surface area contributed by atoms with E-state index < -0.39 is 0 Å². The number of nitrogens with zero attached hydrogens (tertiary/aromatic N) is 3. The Morgan fingerprint density at radius 1 is 1.43 bits per heavy atom. The van der Waals surface area contributed by atoms with Crippen LogP contribution in [0.2, 0.25) is 0 Å². The molecule has 0 radical (unpaired) electrons. The maximum atomic E-state index is 11.9. The largest absolute Gasteiger partial charge is 0.421 e. The molecule has 0 saturated carbocycles. The smallest absolute Gasteiger partial charge is 0.406 e. The number of aromatic nitrogens is 3. The zero-order chi connectivity index (χ0) is 14.8. The van der Waals surface area contributed by atoms with Gasteiger partial charge in [-0.3, -0.25) is 4.57 Å². The molecule has 0 spiro atoms. The van der Waals surface area contributed by atoms with E-state index in [1.807, 2.05) is 5.38 Å². The Morgan fingerprint density at radius 3 is 3.10 bits per heavy atom. The fourth-order valence-electron chi connectivity index (χ4n) is 2.15. The van der Waals surface area contributed by atoms with Crippen LogP contribution in [0.1, 0.15) is 31.0 Å². The minimum absolute atomic E-state index is 0.388. The first-order valence-electron chi connectivity index (χ1n) is 7.01. The van der Waals surface area contributed by atoms with E-state index in [0.29, 0.717) is 23.7 Å². The van der Waals surface area contributed by atoms with Crippen LogP contribution in [0.15, 0.2) is 32.9 Å². The Balaban J connectivity index is 1.82. The van der Waals surface area contributed by atoms with Crippen LogP contribution in [-0.2, 0) is 13.0 Å². The second-order valence-corrected chi connectivity index (χ2v) is 6.39. The molecule has 0 aliphatic heterocycles. The van der Waals surface area contributed by atoms with E-state index in [1.165, 1.54) is 4.57 Å². The van der Waals surface area contributed by atoms with Gasteiger partial charge in [-0.15, -0.1) is 11.3 Å². The quantitative estimate of drug-likeness (QED) is 0.726. The Bertz CT molecular complexity index is 800. The van der Waals surface area contributed by atoms with Crippen molar-refractivity contribution >= 4 is 22.6 Å². The monoisotopic (exact) mass is 303 g/mol. The third kappa shape index (κ3) is 3.05. The van der Waals surface area contributed by atoms with E-state index >= 15 is 0 Å². The van der Waals surface area contributed by atoms with Crippen molar-refractivity contribution in [2.45, 2.75) is 33.2 Å². The number of rotatable bonds is 5. The third-order valence-electron chi connectivity index (χ3n) is 3.28. The summed E-state index contributed by atoms with van der Waals surface area (Å²) in [6.45, 7) is 4.82. The number of hydrogen-bond donors (Lipinski definition) is 0. The number of hydrogen-bond acceptors (Lipinski definition) is 5. The zero-order valence-electron chi connectivity index (χ0n) is 12.1. The predicted molar refractivity (Wildman–Crippen MR) is 82.6 cm³/mol. The van der Waals surface area contributed by atoms with Crippen molar-refractivity contribution in [3.05, 3.63) is 45.0 Å². The zero-order valence-corrected chi connectivity index (χ0v) is 12.9. The molecule has 3 aromatic heterocycles. The van der Waals surface area contributed by atoms with Gasteiger partial charge in [0.15, 0.2) is 11.2 Å². The maximum absolute atomic E-state index is 11.9. The fourth-order valence-corrected chi connectivity index (χ4v) is 2.96. The molecular formula is C15H17N3O2S. The van der Waals surface area contributed by atoms with Gasteiger partial charge in [-0.05, 0) is 30.9 Å². The molecular weight excluding hydrogens is 286 g/mol. The molecule has 0 aliphatic rings. The number of aryl methyl sites for hydroxylation is 1. The van der Waals surface area contributed by atoms with Crippen molar-refractivity contribution in [1.29, 1.82) is 0 Å². The molecule has 0 saturated heterocycles. The molecule has 21 heavy (non-hydrogen) atoms. The van der Waals surface area contributed by atoms with Gasteiger partial charge < -0.3 is 4.42 Å². The van der Waals surface area contributed by atoms with Crippen LogP contribution >= 0.6 is 11.3 Å². The fraction of sp³-hybridized carbons (Fsp3) is 0.400. The standard InChI is InChI=1S/C15H17N3O2S/c1-10(2)5-6-13-17-11(9-21-13)8-18-14-12(20-15(18)19)4-3-7-16-14/h3-4,7,9-10H,5-6,8H2,1-2H3. The molecule has 110 valence electrons. The van der Waals surface area contributed by atoms with E-state index in [4.69, 9.17) is 4.42 Å². The van der Waals surface area contributed by atoms with Crippen molar-refractivity contribution in [3.8, 4) is 0 Å². The van der Waals surface area contributed by atoms with Gasteiger partial charge >= 0.3 is 5.76 Å². The lowest BCUT2D eigenvalue weighted by Gasteiger charge is -2.00. The maximum Gasteiger partial charge on any atom is 0.421 e. The molecule has 3 aromatic rings. The summed E-state index contributed by atoms with van der Waals surface area (Å²) in [7, 11) is 0. The predicted octanol–water partition coefficient (Wildman–Crippen LogP) is 3.08. The number of fused-ring (bicyclic) bond motifs is 1. The van der Waals surface area contributed by atoms with Gasteiger partial charge in [-0.2, -0.15) is 0 Å². The minimum Gasteiger partial charge on any atom is -0.406 e. The van der Waals surface area contributed by atoms with Crippen molar-refractivity contribution in [2.75, 3.05) is 0 Å². The second kappa shape index (κ2) is 5.81. The van der Waals surface area contributed by atoms with E-state index in [1.54, 1.807) is 29.7 Å². The van der Waals surface area contributed by atoms with Gasteiger partial charge in [0.2, 0.25) is 0 Å². The Kier molecular flexibility index (Phi) is 3.88. The van der Waals surface area contributed by atoms with E-state index in [9.17, 15) is 4.79 Å². The summed E-state index contributed by atoms with van der Waals surface area (Å²) in [5, 5.41) is 3.12. The Morgan fingerprint density at radius 2 is 2.29 bits per heavy atom. The van der Waals surface area contributed by atoms with Crippen LogP contribution in [0.4, 0.5) is 0 Å². The Labute approximate surface area is 126 Å². The highest BCUT2D eigenvalue weighted by Gasteiger charge is 2.12. The van der Waals surface area contributed by atoms with E-state index in [2.05, 4.69) is 23.8 Å². The summed E-state index contributed by atoms with van der Waals surface area (Å²) in [5.41, 5.74) is 1.96. The molecule has 0 amide bonds. The topological polar surface area (TPSA) is 60.9 Å². The van der Waals surface area contributed by atoms with Gasteiger partial charge in [0.25, 0.3) is 0 Å². The average Bonchev–Trinajstić information content (AvgIpc) is 3.02. The van der Waals surface area contributed by atoms with Gasteiger partial charge in [0, 0.05) is 11.6 Å². The Hall–Kier alpha value is -1.95. The van der Waals surface area contributed by atoms with Gasteiger partial charge in [-0.1, -0.05) is 13.8 Å². The molecule has 3 heterocycles. The van der Waals surface area contributed by atoms with Gasteiger partial charge in [0.05, 0.1) is 17.2 Å². The molecule has 3 rings (SSSR count). The summed E-state index contributed by atoms with van der Waals surface area (Å²) >= 11 is 1.65. The van der Waals surface area contributed by atoms with Crippen molar-refractivity contribution < 1.29 is 4.42 Å². The highest BCUT2D eigenvalue weighted by Crippen LogP contribution is 2.16. The van der Waals surface area contributed by atoms with Crippen molar-refractivity contribution in [2.24, 2.45) is 5.92 Å². The van der Waals surface area contributed by atoms with Crippen LogP contribution in [-0.4, -0.2) is 14.5 Å². The molecule has 0 aliphatic carbocycles. The molecule has 0 fully saturated rings. The minimum atomic E-state index is -0.388. The first kappa shape index (κ1) is 14.0. The van der Waals surface area contributed by atoms with Crippen LogP contribution in [0.25, 0.3) is 11.2 Å². The van der Waals surface area contributed by atoms with Crippen LogP contribution in [0.3, 0.4) is 0 Å². The summed E-state index contributed by atoms with van der Waals surface area (Å²) < 4.78 is 6.70. The normalized spacial score (nSPS) is 11.6. The summed E-state index contributed by atoms with van der Waals surface area (Å²) in [5.74, 6) is 0.280. The highest BCUT2D eigenvalue weighted by atomic mass is 32.1. The van der Waals surface area contributed by atoms with Crippen molar-refractivity contribution in [1.82, 2.24) is 14.5 Å². The first-order valence-corrected chi connectivity index (χ1v) is 7.89. The molecule has 0 aromatic carbocycles. The molecule has 0 atom stereocenters. The summed E-state index contributed by atoms with van der Waals surface area (Å²) in [6.07, 6.45) is 3.77. The number of thiazole rings is 1. The SMILES string of the molecule is CC(C)CCc1nc(Cn2c(=O)oc3cccnc32)cs1. The molecule has 0 unspecified atom stereocenters. The third-order valence-corrected chi connectivity index (χ3v) is 4.24. The lowest BCUT2D eigenvalue weighted by molar-refractivity contribution is 0.516. The van der Waals surface area contributed by atoms with Gasteiger partial charge in [0.1, 0.15) is 0 Å².